The first-order valence-electron chi connectivity index (χ1n) is 7.62. The molecule has 0 atom stereocenters. The molecule has 0 aliphatic carbocycles. The highest BCUT2D eigenvalue weighted by molar-refractivity contribution is 7.99. The number of aryl methyl sites for hydroxylation is 2. The second-order valence-corrected chi connectivity index (χ2v) is 6.60. The molecule has 4 nitrogen and oxygen atoms in total. The van der Waals surface area contributed by atoms with Crippen LogP contribution in [0.4, 0.5) is 0 Å². The number of hydrogen-bond donors (Lipinski definition) is 1. The van der Waals surface area contributed by atoms with Crippen molar-refractivity contribution in [2.45, 2.75) is 55.7 Å². The molecule has 0 saturated carbocycles. The summed E-state index contributed by atoms with van der Waals surface area (Å²) in [6.45, 7) is 4.13. The Bertz CT molecular complexity index is 621. The molecule has 0 unspecified atom stereocenters. The fourth-order valence-corrected chi connectivity index (χ4v) is 3.71. The largest absolute Gasteiger partial charge is 0.316 e. The maximum atomic E-state index is 4.40. The van der Waals surface area contributed by atoms with Crippen molar-refractivity contribution in [1.29, 1.82) is 0 Å². The van der Waals surface area contributed by atoms with Gasteiger partial charge in [-0.2, -0.15) is 0 Å². The summed E-state index contributed by atoms with van der Waals surface area (Å²) in [7, 11) is 1.98. The third-order valence-electron chi connectivity index (χ3n) is 3.90. The molecule has 1 aromatic carbocycles. The standard InChI is InChI=1S/C16H22N4S/c1-12-10-13(11-17-2)7-8-14(12)21-16-19-18-15-6-4-3-5-9-20(15)16/h7-8,10,17H,3-6,9,11H2,1-2H3. The van der Waals surface area contributed by atoms with Crippen molar-refractivity contribution in [1.82, 2.24) is 20.1 Å². The van der Waals surface area contributed by atoms with Crippen LogP contribution in [0.15, 0.2) is 28.3 Å². The molecule has 1 aromatic heterocycles. The summed E-state index contributed by atoms with van der Waals surface area (Å²) >= 11 is 1.74. The molecule has 0 bridgehead atoms. The molecule has 0 amide bonds. The first kappa shape index (κ1) is 14.6. The molecule has 1 aliphatic heterocycles. The van der Waals surface area contributed by atoms with E-state index in [9.17, 15) is 0 Å². The summed E-state index contributed by atoms with van der Waals surface area (Å²) in [5, 5.41) is 13.0. The summed E-state index contributed by atoms with van der Waals surface area (Å²) in [6, 6.07) is 6.63. The van der Waals surface area contributed by atoms with Gasteiger partial charge in [0.15, 0.2) is 5.16 Å². The van der Waals surface area contributed by atoms with Crippen LogP contribution in [0.1, 0.15) is 36.2 Å². The Morgan fingerprint density at radius 2 is 2.14 bits per heavy atom. The monoisotopic (exact) mass is 302 g/mol. The van der Waals surface area contributed by atoms with Gasteiger partial charge in [-0.25, -0.2) is 0 Å². The number of fused-ring (bicyclic) bond motifs is 1. The van der Waals surface area contributed by atoms with Crippen LogP contribution in [-0.2, 0) is 19.5 Å². The lowest BCUT2D eigenvalue weighted by Crippen LogP contribution is -2.05. The second kappa shape index (κ2) is 6.62. The Hall–Kier alpha value is -1.33. The predicted molar refractivity (Wildman–Crippen MR) is 85.6 cm³/mol. The van der Waals surface area contributed by atoms with Gasteiger partial charge in [0.05, 0.1) is 0 Å². The fraction of sp³-hybridized carbons (Fsp3) is 0.500. The lowest BCUT2D eigenvalue weighted by atomic mass is 10.1. The van der Waals surface area contributed by atoms with E-state index in [0.29, 0.717) is 0 Å². The highest BCUT2D eigenvalue weighted by Gasteiger charge is 2.16. The molecular weight excluding hydrogens is 280 g/mol. The topological polar surface area (TPSA) is 42.7 Å². The summed E-state index contributed by atoms with van der Waals surface area (Å²) in [5.41, 5.74) is 2.62. The minimum absolute atomic E-state index is 0.909. The molecule has 2 aromatic rings. The minimum atomic E-state index is 0.909. The Balaban J connectivity index is 1.82. The van der Waals surface area contributed by atoms with Crippen molar-refractivity contribution < 1.29 is 0 Å². The number of nitrogens with one attached hydrogen (secondary N) is 1. The Kier molecular flexibility index (Phi) is 4.60. The van der Waals surface area contributed by atoms with Gasteiger partial charge in [-0.05, 0) is 55.8 Å². The van der Waals surface area contributed by atoms with E-state index >= 15 is 0 Å². The van der Waals surface area contributed by atoms with Gasteiger partial charge in [0.2, 0.25) is 0 Å². The zero-order valence-corrected chi connectivity index (χ0v) is 13.5. The van der Waals surface area contributed by atoms with Crippen LogP contribution in [0, 0.1) is 6.92 Å². The van der Waals surface area contributed by atoms with E-state index in [1.54, 1.807) is 11.8 Å². The van der Waals surface area contributed by atoms with Crippen molar-refractivity contribution in [3.63, 3.8) is 0 Å². The third kappa shape index (κ3) is 3.30. The summed E-state index contributed by atoms with van der Waals surface area (Å²) in [6.07, 6.45) is 4.83. The lowest BCUT2D eigenvalue weighted by molar-refractivity contribution is 0.591. The number of nitrogens with zero attached hydrogens (tertiary/aromatic N) is 3. The van der Waals surface area contributed by atoms with Crippen molar-refractivity contribution in [3.8, 4) is 0 Å². The zero-order valence-electron chi connectivity index (χ0n) is 12.7. The van der Waals surface area contributed by atoms with E-state index in [1.165, 1.54) is 35.3 Å². The average Bonchev–Trinajstić information content (AvgIpc) is 2.70. The van der Waals surface area contributed by atoms with Crippen molar-refractivity contribution in [3.05, 3.63) is 35.2 Å². The van der Waals surface area contributed by atoms with Crippen LogP contribution in [0.5, 0.6) is 0 Å². The molecule has 0 radical (unpaired) electrons. The minimum Gasteiger partial charge on any atom is -0.316 e. The highest BCUT2D eigenvalue weighted by atomic mass is 32.2. The molecule has 21 heavy (non-hydrogen) atoms. The molecule has 3 rings (SSSR count). The van der Waals surface area contributed by atoms with Gasteiger partial charge in [-0.3, -0.25) is 0 Å². The number of hydrogen-bond acceptors (Lipinski definition) is 4. The molecule has 0 fully saturated rings. The van der Waals surface area contributed by atoms with E-state index in [-0.39, 0.29) is 0 Å². The summed E-state index contributed by atoms with van der Waals surface area (Å²) in [5.74, 6) is 1.15. The highest BCUT2D eigenvalue weighted by Crippen LogP contribution is 2.31. The van der Waals surface area contributed by atoms with Crippen LogP contribution in [0.3, 0.4) is 0 Å². The third-order valence-corrected chi connectivity index (χ3v) is 5.06. The van der Waals surface area contributed by atoms with E-state index in [1.807, 2.05) is 7.05 Å². The molecule has 2 heterocycles. The molecule has 0 spiro atoms. The van der Waals surface area contributed by atoms with Crippen molar-refractivity contribution >= 4 is 11.8 Å². The number of rotatable bonds is 4. The molecule has 1 aliphatic rings. The van der Waals surface area contributed by atoms with Crippen molar-refractivity contribution in [2.75, 3.05) is 7.05 Å². The average molecular weight is 302 g/mol. The molecule has 5 heteroatoms. The lowest BCUT2D eigenvalue weighted by Gasteiger charge is -2.09. The van der Waals surface area contributed by atoms with Crippen LogP contribution < -0.4 is 5.32 Å². The van der Waals surface area contributed by atoms with Gasteiger partial charge in [0, 0.05) is 24.4 Å². The summed E-state index contributed by atoms with van der Waals surface area (Å²) in [4.78, 5) is 1.27. The zero-order chi connectivity index (χ0) is 14.7. The Morgan fingerprint density at radius 1 is 1.24 bits per heavy atom. The van der Waals surface area contributed by atoms with Gasteiger partial charge in [0.1, 0.15) is 5.82 Å². The van der Waals surface area contributed by atoms with Crippen LogP contribution in [-0.4, -0.2) is 21.8 Å². The van der Waals surface area contributed by atoms with Gasteiger partial charge in [-0.1, -0.05) is 18.6 Å². The molecule has 1 N–H and O–H groups in total. The molecule has 112 valence electrons. The molecular formula is C16H22N4S. The number of benzene rings is 1. The van der Waals surface area contributed by atoms with Crippen LogP contribution in [0.25, 0.3) is 0 Å². The fourth-order valence-electron chi connectivity index (χ4n) is 2.77. The van der Waals surface area contributed by atoms with Gasteiger partial charge >= 0.3 is 0 Å². The Morgan fingerprint density at radius 3 is 2.95 bits per heavy atom. The first-order chi connectivity index (χ1) is 10.3. The van der Waals surface area contributed by atoms with E-state index in [0.717, 1.165) is 30.5 Å². The van der Waals surface area contributed by atoms with E-state index in [2.05, 4.69) is 45.2 Å². The van der Waals surface area contributed by atoms with Crippen LogP contribution in [0.2, 0.25) is 0 Å². The predicted octanol–water partition coefficient (Wildman–Crippen LogP) is 3.18. The van der Waals surface area contributed by atoms with Gasteiger partial charge in [-0.15, -0.1) is 10.2 Å². The maximum absolute atomic E-state index is 4.40. The smallest absolute Gasteiger partial charge is 0.196 e. The molecule has 0 saturated heterocycles. The van der Waals surface area contributed by atoms with Gasteiger partial charge < -0.3 is 9.88 Å². The van der Waals surface area contributed by atoms with E-state index in [4.69, 9.17) is 0 Å². The van der Waals surface area contributed by atoms with E-state index < -0.39 is 0 Å². The Labute approximate surface area is 130 Å². The number of aromatic nitrogens is 3. The quantitative estimate of drug-likeness (QED) is 0.942. The van der Waals surface area contributed by atoms with Gasteiger partial charge in [0.25, 0.3) is 0 Å². The summed E-state index contributed by atoms with van der Waals surface area (Å²) < 4.78 is 2.30. The maximum Gasteiger partial charge on any atom is 0.196 e. The first-order valence-corrected chi connectivity index (χ1v) is 8.43. The normalized spacial score (nSPS) is 14.8. The second-order valence-electron chi connectivity index (χ2n) is 5.59. The van der Waals surface area contributed by atoms with Crippen LogP contribution >= 0.6 is 11.8 Å². The SMILES string of the molecule is CNCc1ccc(Sc2nnc3n2CCCCC3)c(C)c1. The van der Waals surface area contributed by atoms with Crippen molar-refractivity contribution in [2.24, 2.45) is 0 Å².